The van der Waals surface area contributed by atoms with E-state index in [4.69, 9.17) is 9.84 Å². The third-order valence-electron chi connectivity index (χ3n) is 3.59. The van der Waals surface area contributed by atoms with Crippen molar-refractivity contribution in [2.45, 2.75) is 32.6 Å². The fourth-order valence-corrected chi connectivity index (χ4v) is 2.44. The predicted octanol–water partition coefficient (Wildman–Crippen LogP) is 3.12. The van der Waals surface area contributed by atoms with Crippen LogP contribution in [0.2, 0.25) is 0 Å². The highest BCUT2D eigenvalue weighted by Crippen LogP contribution is 2.37. The zero-order valence-corrected chi connectivity index (χ0v) is 11.0. The van der Waals surface area contributed by atoms with Crippen molar-refractivity contribution in [2.24, 2.45) is 11.8 Å². The summed E-state index contributed by atoms with van der Waals surface area (Å²) in [7, 11) is 0. The van der Waals surface area contributed by atoms with Gasteiger partial charge in [0.15, 0.2) is 0 Å². The molecule has 0 heterocycles. The van der Waals surface area contributed by atoms with Gasteiger partial charge in [-0.25, -0.2) is 4.79 Å². The number of rotatable bonds is 5. The van der Waals surface area contributed by atoms with Gasteiger partial charge in [-0.2, -0.15) is 0 Å². The molecule has 2 rings (SSSR count). The van der Waals surface area contributed by atoms with Crippen LogP contribution in [0.25, 0.3) is 0 Å². The highest BCUT2D eigenvalue weighted by Gasteiger charge is 2.35. The quantitative estimate of drug-likeness (QED) is 0.654. The minimum absolute atomic E-state index is 0.00991. The molecule has 1 aromatic rings. The Bertz CT molecular complexity index is 458. The Kier molecular flexibility index (Phi) is 4.20. The number of esters is 1. The normalized spacial score (nSPS) is 21.5. The van der Waals surface area contributed by atoms with Gasteiger partial charge in [0.2, 0.25) is 0 Å². The maximum Gasteiger partial charge on any atom is 0.335 e. The molecule has 1 fully saturated rings. The molecule has 0 unspecified atom stereocenters. The van der Waals surface area contributed by atoms with Crippen molar-refractivity contribution in [3.63, 3.8) is 0 Å². The maximum absolute atomic E-state index is 11.8. The minimum atomic E-state index is -0.987. The molecule has 0 saturated heterocycles. The zero-order chi connectivity index (χ0) is 13.8. The molecule has 0 aromatic heterocycles. The second kappa shape index (κ2) is 5.87. The molecule has 0 spiro atoms. The SMILES string of the molecule is CCCC1CC(C(=O)Oc2ccc(C(=O)O)cc2)C1. The highest BCUT2D eigenvalue weighted by atomic mass is 16.5. The molecule has 1 aliphatic carbocycles. The second-order valence-electron chi connectivity index (χ2n) is 5.07. The smallest absolute Gasteiger partial charge is 0.335 e. The Balaban J connectivity index is 1.84. The summed E-state index contributed by atoms with van der Waals surface area (Å²) in [6.07, 6.45) is 4.17. The van der Waals surface area contributed by atoms with E-state index in [2.05, 4.69) is 6.92 Å². The third kappa shape index (κ3) is 3.34. The van der Waals surface area contributed by atoms with E-state index in [1.807, 2.05) is 0 Å². The second-order valence-corrected chi connectivity index (χ2v) is 5.07. The van der Waals surface area contributed by atoms with Crippen LogP contribution in [0.15, 0.2) is 24.3 Å². The molecule has 4 heteroatoms. The predicted molar refractivity (Wildman–Crippen MR) is 70.2 cm³/mol. The Morgan fingerprint density at radius 3 is 2.42 bits per heavy atom. The van der Waals surface area contributed by atoms with Crippen molar-refractivity contribution in [3.05, 3.63) is 29.8 Å². The van der Waals surface area contributed by atoms with Crippen molar-refractivity contribution in [1.82, 2.24) is 0 Å². The molecular weight excluding hydrogens is 244 g/mol. The Morgan fingerprint density at radius 1 is 1.26 bits per heavy atom. The van der Waals surface area contributed by atoms with E-state index in [0.717, 1.165) is 19.3 Å². The van der Waals surface area contributed by atoms with Crippen LogP contribution in [-0.2, 0) is 4.79 Å². The summed E-state index contributed by atoms with van der Waals surface area (Å²) in [4.78, 5) is 22.5. The zero-order valence-electron chi connectivity index (χ0n) is 11.0. The molecule has 0 radical (unpaired) electrons. The Labute approximate surface area is 112 Å². The van der Waals surface area contributed by atoms with E-state index < -0.39 is 5.97 Å². The Morgan fingerprint density at radius 2 is 1.89 bits per heavy atom. The summed E-state index contributed by atoms with van der Waals surface area (Å²) < 4.78 is 5.25. The lowest BCUT2D eigenvalue weighted by Gasteiger charge is -2.33. The first-order chi connectivity index (χ1) is 9.10. The molecule has 1 N–H and O–H groups in total. The maximum atomic E-state index is 11.8. The number of hydrogen-bond acceptors (Lipinski definition) is 3. The molecule has 0 atom stereocenters. The Hall–Kier alpha value is -1.84. The van der Waals surface area contributed by atoms with Gasteiger partial charge in [0.25, 0.3) is 0 Å². The van der Waals surface area contributed by atoms with Gasteiger partial charge in [0, 0.05) is 0 Å². The summed E-state index contributed by atoms with van der Waals surface area (Å²) in [6, 6.07) is 5.91. The largest absolute Gasteiger partial charge is 0.478 e. The standard InChI is InChI=1S/C15H18O4/c1-2-3-10-8-12(9-10)15(18)19-13-6-4-11(5-7-13)14(16)17/h4-7,10,12H,2-3,8-9H2,1H3,(H,16,17). The van der Waals surface area contributed by atoms with Crippen LogP contribution in [0.4, 0.5) is 0 Å². The van der Waals surface area contributed by atoms with Gasteiger partial charge in [-0.3, -0.25) is 4.79 Å². The van der Waals surface area contributed by atoms with E-state index in [1.54, 1.807) is 0 Å². The number of carboxylic acid groups (broad SMARTS) is 1. The van der Waals surface area contributed by atoms with Crippen molar-refractivity contribution < 1.29 is 19.4 Å². The van der Waals surface area contributed by atoms with E-state index in [9.17, 15) is 9.59 Å². The number of carboxylic acids is 1. The lowest BCUT2D eigenvalue weighted by molar-refractivity contribution is -0.143. The number of ether oxygens (including phenoxy) is 1. The summed E-state index contributed by atoms with van der Waals surface area (Å²) in [5, 5.41) is 8.76. The summed E-state index contributed by atoms with van der Waals surface area (Å²) in [6.45, 7) is 2.15. The third-order valence-corrected chi connectivity index (χ3v) is 3.59. The number of benzene rings is 1. The topological polar surface area (TPSA) is 63.6 Å². The van der Waals surface area contributed by atoms with E-state index >= 15 is 0 Å². The molecule has 1 aliphatic rings. The van der Waals surface area contributed by atoms with Crippen molar-refractivity contribution in [2.75, 3.05) is 0 Å². The van der Waals surface area contributed by atoms with Crippen LogP contribution >= 0.6 is 0 Å². The van der Waals surface area contributed by atoms with Gasteiger partial charge in [0.1, 0.15) is 5.75 Å². The van der Waals surface area contributed by atoms with Crippen LogP contribution in [0.3, 0.4) is 0 Å². The minimum Gasteiger partial charge on any atom is -0.478 e. The molecule has 102 valence electrons. The summed E-state index contributed by atoms with van der Waals surface area (Å²) >= 11 is 0. The molecule has 0 amide bonds. The molecule has 0 aliphatic heterocycles. The van der Waals surface area contributed by atoms with E-state index in [1.165, 1.54) is 30.7 Å². The van der Waals surface area contributed by atoms with Crippen LogP contribution < -0.4 is 4.74 Å². The first-order valence-electron chi connectivity index (χ1n) is 6.65. The fraction of sp³-hybridized carbons (Fsp3) is 0.467. The summed E-state index contributed by atoms with van der Waals surface area (Å²) in [5.41, 5.74) is 0.187. The lowest BCUT2D eigenvalue weighted by atomic mass is 9.73. The molecule has 1 saturated carbocycles. The van der Waals surface area contributed by atoms with Crippen molar-refractivity contribution in [3.8, 4) is 5.75 Å². The average molecular weight is 262 g/mol. The number of aromatic carboxylic acids is 1. The number of carbonyl (C=O) groups excluding carboxylic acids is 1. The van der Waals surface area contributed by atoms with Crippen molar-refractivity contribution >= 4 is 11.9 Å². The molecule has 4 nitrogen and oxygen atoms in total. The van der Waals surface area contributed by atoms with Gasteiger partial charge in [0.05, 0.1) is 11.5 Å². The monoisotopic (exact) mass is 262 g/mol. The highest BCUT2D eigenvalue weighted by molar-refractivity contribution is 5.87. The van der Waals surface area contributed by atoms with Crippen LogP contribution in [0.1, 0.15) is 43.0 Å². The molecule has 1 aromatic carbocycles. The summed E-state index contributed by atoms with van der Waals surface area (Å²) in [5.74, 6) is -0.101. The number of carbonyl (C=O) groups is 2. The lowest BCUT2D eigenvalue weighted by Crippen LogP contribution is -2.33. The molecule has 19 heavy (non-hydrogen) atoms. The average Bonchev–Trinajstić information content (AvgIpc) is 2.33. The van der Waals surface area contributed by atoms with E-state index in [0.29, 0.717) is 11.7 Å². The van der Waals surface area contributed by atoms with E-state index in [-0.39, 0.29) is 17.5 Å². The fourth-order valence-electron chi connectivity index (χ4n) is 2.44. The van der Waals surface area contributed by atoms with Crippen LogP contribution in [-0.4, -0.2) is 17.0 Å². The first-order valence-corrected chi connectivity index (χ1v) is 6.65. The van der Waals surface area contributed by atoms with Crippen LogP contribution in [0, 0.1) is 11.8 Å². The molecular formula is C15H18O4. The van der Waals surface area contributed by atoms with Gasteiger partial charge >= 0.3 is 11.9 Å². The number of hydrogen-bond donors (Lipinski definition) is 1. The van der Waals surface area contributed by atoms with Gasteiger partial charge in [-0.1, -0.05) is 19.8 Å². The van der Waals surface area contributed by atoms with Crippen molar-refractivity contribution in [1.29, 1.82) is 0 Å². The van der Waals surface area contributed by atoms with Gasteiger partial charge in [-0.05, 0) is 43.0 Å². The first kappa shape index (κ1) is 13.6. The molecule has 0 bridgehead atoms. The van der Waals surface area contributed by atoms with Crippen LogP contribution in [0.5, 0.6) is 5.75 Å². The van der Waals surface area contributed by atoms with Gasteiger partial charge in [-0.15, -0.1) is 0 Å². The van der Waals surface area contributed by atoms with Gasteiger partial charge < -0.3 is 9.84 Å².